The van der Waals surface area contributed by atoms with Gasteiger partial charge in [-0.3, -0.25) is 5.10 Å². The third-order valence-electron chi connectivity index (χ3n) is 7.15. The van der Waals surface area contributed by atoms with Gasteiger partial charge in [0.25, 0.3) is 0 Å². The molecule has 4 nitrogen and oxygen atoms in total. The van der Waals surface area contributed by atoms with Crippen LogP contribution in [-0.4, -0.2) is 10.2 Å². The fourth-order valence-electron chi connectivity index (χ4n) is 6.16. The number of nitrogens with one attached hydrogen (secondary N) is 2. The molecule has 2 N–H and O–H groups in total. The number of aromatic amines is 1. The number of rotatable bonds is 1. The van der Waals surface area contributed by atoms with E-state index in [9.17, 15) is 9.65 Å². The Hall–Kier alpha value is -2.87. The first-order valence-corrected chi connectivity index (χ1v) is 9.66. The molecule has 5 atom stereocenters. The standard InChI is InChI=1S/C22H19FN4/c23-16-4-3-13(8-14(16)9-24)22-20-12-2-1-11(7-12)19(20)21-15-10-25-27-17(15)5-6-18(21)26-22/h3-6,8,10-12,19-20,22,26H,1-2,7H2,(H,25,27). The quantitative estimate of drug-likeness (QED) is 0.652. The third-order valence-corrected chi connectivity index (χ3v) is 7.15. The van der Waals surface area contributed by atoms with Gasteiger partial charge in [-0.05, 0) is 78.3 Å². The van der Waals surface area contributed by atoms with Gasteiger partial charge >= 0.3 is 0 Å². The zero-order chi connectivity index (χ0) is 18.1. The SMILES string of the molecule is N#Cc1cc(C2Nc3ccc4[nH]ncc4c3C3C4CCC(C4)C23)ccc1F. The molecule has 0 spiro atoms. The van der Waals surface area contributed by atoms with Crippen LogP contribution >= 0.6 is 0 Å². The summed E-state index contributed by atoms with van der Waals surface area (Å²) in [6.07, 6.45) is 5.78. The zero-order valence-electron chi connectivity index (χ0n) is 14.7. The van der Waals surface area contributed by atoms with E-state index in [1.54, 1.807) is 6.07 Å². The molecule has 134 valence electrons. The second kappa shape index (κ2) is 5.32. The summed E-state index contributed by atoms with van der Waals surface area (Å²) in [6, 6.07) is 11.3. The van der Waals surface area contributed by atoms with Gasteiger partial charge in [0.15, 0.2) is 0 Å². The average Bonchev–Trinajstić information content (AvgIpc) is 3.43. The van der Waals surface area contributed by atoms with Crippen molar-refractivity contribution in [1.29, 1.82) is 5.26 Å². The molecule has 5 heteroatoms. The normalized spacial score (nSPS) is 30.6. The molecule has 1 aliphatic heterocycles. The first-order chi connectivity index (χ1) is 13.2. The monoisotopic (exact) mass is 358 g/mol. The Morgan fingerprint density at radius 1 is 1.15 bits per heavy atom. The van der Waals surface area contributed by atoms with Crippen molar-refractivity contribution in [3.8, 4) is 6.07 Å². The van der Waals surface area contributed by atoms with Crippen molar-refractivity contribution in [2.75, 3.05) is 5.32 Å². The number of nitrogens with zero attached hydrogens (tertiary/aromatic N) is 2. The van der Waals surface area contributed by atoms with E-state index < -0.39 is 5.82 Å². The van der Waals surface area contributed by atoms with Crippen molar-refractivity contribution in [3.63, 3.8) is 0 Å². The highest BCUT2D eigenvalue weighted by molar-refractivity contribution is 5.88. The fourth-order valence-corrected chi connectivity index (χ4v) is 6.16. The van der Waals surface area contributed by atoms with E-state index in [0.717, 1.165) is 16.8 Å². The van der Waals surface area contributed by atoms with E-state index >= 15 is 0 Å². The lowest BCUT2D eigenvalue weighted by atomic mass is 9.67. The maximum Gasteiger partial charge on any atom is 0.140 e. The van der Waals surface area contributed by atoms with E-state index in [1.165, 1.54) is 36.3 Å². The first kappa shape index (κ1) is 15.2. The number of aromatic nitrogens is 2. The zero-order valence-corrected chi connectivity index (χ0v) is 14.7. The predicted molar refractivity (Wildman–Crippen MR) is 101 cm³/mol. The maximum absolute atomic E-state index is 13.9. The lowest BCUT2D eigenvalue weighted by molar-refractivity contribution is 0.249. The molecule has 2 aliphatic carbocycles. The van der Waals surface area contributed by atoms with Crippen LogP contribution in [0.1, 0.15) is 47.9 Å². The van der Waals surface area contributed by atoms with Crippen LogP contribution in [0.25, 0.3) is 10.9 Å². The highest BCUT2D eigenvalue weighted by Gasteiger charge is 2.54. The van der Waals surface area contributed by atoms with E-state index in [1.807, 2.05) is 18.3 Å². The molecule has 2 fully saturated rings. The molecule has 0 amide bonds. The smallest absolute Gasteiger partial charge is 0.140 e. The minimum Gasteiger partial charge on any atom is -0.378 e. The third kappa shape index (κ3) is 1.98. The molecule has 5 unspecified atom stereocenters. The molecule has 3 aromatic rings. The van der Waals surface area contributed by atoms with E-state index in [0.29, 0.717) is 23.7 Å². The number of nitriles is 1. The topological polar surface area (TPSA) is 64.5 Å². The molecule has 2 saturated carbocycles. The molecular weight excluding hydrogens is 339 g/mol. The van der Waals surface area contributed by atoms with Crippen molar-refractivity contribution in [1.82, 2.24) is 10.2 Å². The fraction of sp³-hybridized carbons (Fsp3) is 0.364. The molecule has 27 heavy (non-hydrogen) atoms. The van der Waals surface area contributed by atoms with Gasteiger partial charge < -0.3 is 5.32 Å². The minimum absolute atomic E-state index is 0.120. The average molecular weight is 358 g/mol. The minimum atomic E-state index is -0.443. The van der Waals surface area contributed by atoms with Gasteiger partial charge in [0.1, 0.15) is 11.9 Å². The summed E-state index contributed by atoms with van der Waals surface area (Å²) in [4.78, 5) is 0. The van der Waals surface area contributed by atoms with Gasteiger partial charge in [-0.15, -0.1) is 0 Å². The van der Waals surface area contributed by atoms with Gasteiger partial charge in [-0.1, -0.05) is 6.07 Å². The summed E-state index contributed by atoms with van der Waals surface area (Å²) in [5.74, 6) is 1.93. The van der Waals surface area contributed by atoms with Gasteiger partial charge in [-0.25, -0.2) is 4.39 Å². The van der Waals surface area contributed by atoms with Crippen LogP contribution in [0.4, 0.5) is 10.1 Å². The summed E-state index contributed by atoms with van der Waals surface area (Å²) in [6.45, 7) is 0. The number of hydrogen-bond donors (Lipinski definition) is 2. The molecule has 1 aromatic heterocycles. The number of fused-ring (bicyclic) bond motifs is 9. The first-order valence-electron chi connectivity index (χ1n) is 9.66. The van der Waals surface area contributed by atoms with Crippen LogP contribution in [0.5, 0.6) is 0 Å². The molecule has 6 rings (SSSR count). The molecule has 2 aromatic carbocycles. The molecular formula is C22H19FN4. The Balaban J connectivity index is 1.55. The van der Waals surface area contributed by atoms with Crippen LogP contribution in [-0.2, 0) is 0 Å². The number of hydrogen-bond acceptors (Lipinski definition) is 3. The molecule has 0 saturated heterocycles. The second-order valence-corrected chi connectivity index (χ2v) is 8.27. The number of H-pyrrole nitrogens is 1. The lowest BCUT2D eigenvalue weighted by Gasteiger charge is -2.43. The lowest BCUT2D eigenvalue weighted by Crippen LogP contribution is -2.35. The molecule has 3 aliphatic rings. The Bertz CT molecular complexity index is 1110. The van der Waals surface area contributed by atoms with Gasteiger partial charge in [0.2, 0.25) is 0 Å². The van der Waals surface area contributed by atoms with E-state index in [4.69, 9.17) is 0 Å². The second-order valence-electron chi connectivity index (χ2n) is 8.27. The highest BCUT2D eigenvalue weighted by atomic mass is 19.1. The van der Waals surface area contributed by atoms with Crippen molar-refractivity contribution >= 4 is 16.6 Å². The van der Waals surface area contributed by atoms with Gasteiger partial charge in [0.05, 0.1) is 23.3 Å². The van der Waals surface area contributed by atoms with Crippen LogP contribution in [0.3, 0.4) is 0 Å². The molecule has 0 radical (unpaired) electrons. The number of anilines is 1. The summed E-state index contributed by atoms with van der Waals surface area (Å²) in [7, 11) is 0. The summed E-state index contributed by atoms with van der Waals surface area (Å²) >= 11 is 0. The van der Waals surface area contributed by atoms with Crippen molar-refractivity contribution in [3.05, 3.63) is 59.0 Å². The Morgan fingerprint density at radius 3 is 2.93 bits per heavy atom. The number of halogens is 1. The summed E-state index contributed by atoms with van der Waals surface area (Å²) in [5.41, 5.74) is 4.80. The Kier molecular flexibility index (Phi) is 3.00. The summed E-state index contributed by atoms with van der Waals surface area (Å²) in [5, 5.41) is 21.6. The molecule has 2 heterocycles. The van der Waals surface area contributed by atoms with Crippen LogP contribution in [0.15, 0.2) is 36.5 Å². The largest absolute Gasteiger partial charge is 0.378 e. The van der Waals surface area contributed by atoms with Gasteiger partial charge in [-0.2, -0.15) is 10.4 Å². The Labute approximate surface area is 156 Å². The van der Waals surface area contributed by atoms with Crippen molar-refractivity contribution < 1.29 is 4.39 Å². The Morgan fingerprint density at radius 2 is 2.04 bits per heavy atom. The molecule has 2 bridgehead atoms. The maximum atomic E-state index is 13.9. The van der Waals surface area contributed by atoms with Crippen LogP contribution in [0.2, 0.25) is 0 Å². The van der Waals surface area contributed by atoms with Crippen molar-refractivity contribution in [2.24, 2.45) is 17.8 Å². The highest BCUT2D eigenvalue weighted by Crippen LogP contribution is 2.64. The van der Waals surface area contributed by atoms with E-state index in [-0.39, 0.29) is 11.6 Å². The number of benzene rings is 2. The van der Waals surface area contributed by atoms with Crippen LogP contribution in [0, 0.1) is 34.9 Å². The van der Waals surface area contributed by atoms with Crippen LogP contribution < -0.4 is 5.32 Å². The van der Waals surface area contributed by atoms with Crippen molar-refractivity contribution in [2.45, 2.75) is 31.2 Å². The summed E-state index contributed by atoms with van der Waals surface area (Å²) < 4.78 is 13.9. The predicted octanol–water partition coefficient (Wildman–Crippen LogP) is 4.87. The van der Waals surface area contributed by atoms with E-state index in [2.05, 4.69) is 27.6 Å². The van der Waals surface area contributed by atoms with Gasteiger partial charge in [0, 0.05) is 11.1 Å².